The minimum absolute atomic E-state index is 0.346. The molecule has 20 rings (SSSR count). The van der Waals surface area contributed by atoms with Gasteiger partial charge in [-0.05, 0) is 201 Å². The number of anilines is 6. The maximum atomic E-state index is 2.60. The Bertz CT molecular complexity index is 6260. The summed E-state index contributed by atoms with van der Waals surface area (Å²) in [5, 5.41) is 22.7. The topological polar surface area (TPSA) is 16.3 Å². The molecule has 0 N–H and O–H groups in total. The molecule has 0 amide bonds. The van der Waals surface area contributed by atoms with Crippen molar-refractivity contribution in [3.8, 4) is 11.4 Å². The summed E-state index contributed by atoms with van der Waals surface area (Å²) >= 11 is 0. The summed E-state index contributed by atoms with van der Waals surface area (Å²) in [5.41, 5.74) is 18.4. The molecule has 18 aromatic rings. The molecule has 0 atom stereocenters. The maximum Gasteiger partial charge on any atom is 0.0785 e. The molecule has 2 aromatic heterocycles. The van der Waals surface area contributed by atoms with Gasteiger partial charge in [0, 0.05) is 55.1 Å². The van der Waals surface area contributed by atoms with Gasteiger partial charge in [-0.1, -0.05) is 216 Å². The summed E-state index contributed by atoms with van der Waals surface area (Å²) < 4.78 is 5.09. The lowest BCUT2D eigenvalue weighted by molar-refractivity contribution is 0.632. The summed E-state index contributed by atoms with van der Waals surface area (Å²) in [7, 11) is 0. The fourth-order valence-corrected chi connectivity index (χ4v) is 17.1. The smallest absolute Gasteiger partial charge is 0.0785 e. The molecular weight excluding hydrogens is 1110 g/mol. The Labute approximate surface area is 532 Å². The molecule has 16 aromatic carbocycles. The molecule has 2 aliphatic rings. The monoisotopic (exact) mass is 1170 g/mol. The van der Waals surface area contributed by atoms with E-state index in [4.69, 9.17) is 0 Å². The highest BCUT2D eigenvalue weighted by Crippen LogP contribution is 2.59. The fraction of sp³-hybridized carbons (Fsp3) is 0.0682. The van der Waals surface area contributed by atoms with Crippen LogP contribution in [0.3, 0.4) is 0 Å². The minimum Gasteiger partial charge on any atom is -0.310 e. The van der Waals surface area contributed by atoms with E-state index in [0.717, 1.165) is 22.7 Å². The predicted octanol–water partition coefficient (Wildman–Crippen LogP) is 24.2. The van der Waals surface area contributed by atoms with Gasteiger partial charge in [0.15, 0.2) is 0 Å². The molecule has 4 nitrogen and oxygen atoms in total. The van der Waals surface area contributed by atoms with Gasteiger partial charge in [-0.2, -0.15) is 0 Å². The third kappa shape index (κ3) is 6.90. The van der Waals surface area contributed by atoms with Crippen LogP contribution in [0, 0.1) is 0 Å². The molecule has 0 saturated heterocycles. The standard InChI is InChI=1S/C88H60N4/c1-87(2)76-39-20-22-41-80(76)92(86-77(87)43-42-67-72-46-53-44-68-63-34-15-11-30-59(63)60-31-12-16-35-64(60)69(68)45-54(53)47-81(72)91(85(67)86)56-26-9-6-10-27-56)58-29-23-28-57(48-58)90-79-40-21-19-38-75(79)88(3,4)78-50-74-73-49-70-65-36-17-13-32-61(65)62-33-14-18-37-66(62)71(70)51-82(73)89(83(74)52-84(78)90)55-24-7-5-8-25-55/h5-52H,1-4H3. The van der Waals surface area contributed by atoms with Crippen molar-refractivity contribution in [2.45, 2.75) is 38.5 Å². The highest BCUT2D eigenvalue weighted by Gasteiger charge is 2.41. The normalized spacial score (nSPS) is 14.2. The van der Waals surface area contributed by atoms with E-state index in [0.29, 0.717) is 0 Å². The lowest BCUT2D eigenvalue weighted by Crippen LogP contribution is -2.31. The summed E-state index contributed by atoms with van der Waals surface area (Å²) in [6.45, 7) is 9.68. The lowest BCUT2D eigenvalue weighted by Gasteiger charge is -2.44. The van der Waals surface area contributed by atoms with E-state index in [2.05, 4.69) is 338 Å². The van der Waals surface area contributed by atoms with E-state index >= 15 is 0 Å². The fourth-order valence-electron chi connectivity index (χ4n) is 17.1. The molecule has 0 unspecified atom stereocenters. The second-order valence-electron chi connectivity index (χ2n) is 26.8. The van der Waals surface area contributed by atoms with E-state index in [1.54, 1.807) is 0 Å². The lowest BCUT2D eigenvalue weighted by atomic mass is 9.73. The van der Waals surface area contributed by atoms with E-state index in [9.17, 15) is 0 Å². The minimum atomic E-state index is -0.346. The molecule has 0 bridgehead atoms. The van der Waals surface area contributed by atoms with Gasteiger partial charge in [0.2, 0.25) is 0 Å². The van der Waals surface area contributed by atoms with Crippen LogP contribution in [-0.2, 0) is 10.8 Å². The van der Waals surface area contributed by atoms with Crippen LogP contribution in [0.1, 0.15) is 49.9 Å². The number of aromatic nitrogens is 2. The van der Waals surface area contributed by atoms with Gasteiger partial charge in [-0.3, -0.25) is 0 Å². The Morgan fingerprint density at radius 2 is 0.609 bits per heavy atom. The zero-order valence-corrected chi connectivity index (χ0v) is 51.5. The van der Waals surface area contributed by atoms with Gasteiger partial charge >= 0.3 is 0 Å². The van der Waals surface area contributed by atoms with Crippen LogP contribution < -0.4 is 9.80 Å². The number of hydrogen-bond donors (Lipinski definition) is 0. The van der Waals surface area contributed by atoms with Gasteiger partial charge in [0.05, 0.1) is 44.8 Å². The van der Waals surface area contributed by atoms with Crippen LogP contribution >= 0.6 is 0 Å². The van der Waals surface area contributed by atoms with E-state index in [1.165, 1.54) is 164 Å². The Morgan fingerprint density at radius 3 is 1.18 bits per heavy atom. The molecule has 0 fully saturated rings. The molecular formula is C88H60N4. The Balaban J connectivity index is 0.848. The number of benzene rings is 16. The molecule has 4 heteroatoms. The first kappa shape index (κ1) is 51.4. The van der Waals surface area contributed by atoms with Crippen molar-refractivity contribution in [1.29, 1.82) is 0 Å². The van der Waals surface area contributed by atoms with Crippen molar-refractivity contribution >= 4 is 153 Å². The zero-order chi connectivity index (χ0) is 60.9. The zero-order valence-electron chi connectivity index (χ0n) is 51.5. The molecule has 432 valence electrons. The van der Waals surface area contributed by atoms with Crippen molar-refractivity contribution in [2.75, 3.05) is 9.80 Å². The van der Waals surface area contributed by atoms with Gasteiger partial charge in [-0.15, -0.1) is 0 Å². The van der Waals surface area contributed by atoms with Crippen molar-refractivity contribution in [3.05, 3.63) is 313 Å². The first-order valence-electron chi connectivity index (χ1n) is 32.3. The molecule has 0 saturated carbocycles. The van der Waals surface area contributed by atoms with Crippen molar-refractivity contribution in [3.63, 3.8) is 0 Å². The highest BCUT2D eigenvalue weighted by molar-refractivity contribution is 6.30. The number of rotatable bonds is 4. The van der Waals surface area contributed by atoms with E-state index in [1.807, 2.05) is 0 Å². The average molecular weight is 1170 g/mol. The predicted molar refractivity (Wildman–Crippen MR) is 391 cm³/mol. The summed E-state index contributed by atoms with van der Waals surface area (Å²) in [6, 6.07) is 110. The highest BCUT2D eigenvalue weighted by atomic mass is 15.2. The first-order chi connectivity index (χ1) is 45.2. The SMILES string of the molecule is CC1(C)c2ccccc2N(c2cccc(N3c4ccccc4C(C)(C)c4ccc5c6cc7cc8c9ccccc9c9ccccc9c8cc7cc6n(-c6ccccc6)c5c43)c2)c2cc3c(cc21)c1cc2c4ccccc4c4ccccc4c2cc1n3-c1ccccc1. The van der Waals surface area contributed by atoms with Crippen LogP contribution in [0.25, 0.3) is 130 Å². The quantitative estimate of drug-likeness (QED) is 0.129. The van der Waals surface area contributed by atoms with Crippen LogP contribution in [-0.4, -0.2) is 9.13 Å². The van der Waals surface area contributed by atoms with Crippen LogP contribution in [0.5, 0.6) is 0 Å². The maximum absolute atomic E-state index is 2.60. The molecule has 0 radical (unpaired) electrons. The summed E-state index contributed by atoms with van der Waals surface area (Å²) in [6.07, 6.45) is 0. The number of hydrogen-bond acceptors (Lipinski definition) is 2. The average Bonchev–Trinajstić information content (AvgIpc) is 1.40. The molecule has 0 aliphatic carbocycles. The van der Waals surface area contributed by atoms with Crippen molar-refractivity contribution < 1.29 is 0 Å². The molecule has 4 heterocycles. The Morgan fingerprint density at radius 1 is 0.217 bits per heavy atom. The van der Waals surface area contributed by atoms with Crippen LogP contribution in [0.15, 0.2) is 291 Å². The van der Waals surface area contributed by atoms with Crippen LogP contribution in [0.2, 0.25) is 0 Å². The second-order valence-corrected chi connectivity index (χ2v) is 26.8. The number of fused-ring (bicyclic) bond motifs is 24. The van der Waals surface area contributed by atoms with E-state index in [-0.39, 0.29) is 10.8 Å². The molecule has 2 aliphatic heterocycles. The van der Waals surface area contributed by atoms with Crippen molar-refractivity contribution in [2.24, 2.45) is 0 Å². The summed E-state index contributed by atoms with van der Waals surface area (Å²) in [5.74, 6) is 0. The largest absolute Gasteiger partial charge is 0.310 e. The third-order valence-electron chi connectivity index (χ3n) is 21.3. The third-order valence-corrected chi connectivity index (χ3v) is 21.3. The van der Waals surface area contributed by atoms with Gasteiger partial charge in [0.1, 0.15) is 0 Å². The second kappa shape index (κ2) is 18.6. The Hall–Kier alpha value is -11.5. The molecule has 92 heavy (non-hydrogen) atoms. The van der Waals surface area contributed by atoms with E-state index < -0.39 is 0 Å². The summed E-state index contributed by atoms with van der Waals surface area (Å²) in [4.78, 5) is 5.16. The van der Waals surface area contributed by atoms with Gasteiger partial charge < -0.3 is 18.9 Å². The molecule has 0 spiro atoms. The first-order valence-corrected chi connectivity index (χ1v) is 32.3. The number of para-hydroxylation sites is 4. The number of nitrogens with zero attached hydrogens (tertiary/aromatic N) is 4. The van der Waals surface area contributed by atoms with Gasteiger partial charge in [-0.25, -0.2) is 0 Å². The van der Waals surface area contributed by atoms with Gasteiger partial charge in [0.25, 0.3) is 0 Å². The van der Waals surface area contributed by atoms with Crippen LogP contribution in [0.4, 0.5) is 34.1 Å². The van der Waals surface area contributed by atoms with Crippen molar-refractivity contribution in [1.82, 2.24) is 9.13 Å². The Kier molecular flexibility index (Phi) is 10.4.